The van der Waals surface area contributed by atoms with E-state index in [1.807, 2.05) is 40.6 Å². The fourth-order valence-electron chi connectivity index (χ4n) is 3.32. The topological polar surface area (TPSA) is 76.8 Å². The first-order chi connectivity index (χ1) is 12.8. The highest BCUT2D eigenvalue weighted by molar-refractivity contribution is 7.09. The number of aryl methyl sites for hydroxylation is 1. The molecule has 8 heteroatoms. The van der Waals surface area contributed by atoms with Gasteiger partial charge in [-0.2, -0.15) is 0 Å². The largest absolute Gasteiger partial charge is 0.331 e. The van der Waals surface area contributed by atoms with E-state index in [1.165, 1.54) is 0 Å². The molecule has 134 valence electrons. The fraction of sp³-hybridized carbons (Fsp3) is 0.389. The number of tetrazole rings is 1. The number of thiazole rings is 1. The minimum Gasteiger partial charge on any atom is -0.331 e. The molecule has 3 aromatic rings. The highest BCUT2D eigenvalue weighted by Crippen LogP contribution is 2.27. The molecule has 0 fully saturated rings. The normalized spacial score (nSPS) is 16.7. The van der Waals surface area contributed by atoms with Crippen LogP contribution in [0.25, 0.3) is 0 Å². The lowest BCUT2D eigenvalue weighted by Gasteiger charge is -2.26. The summed E-state index contributed by atoms with van der Waals surface area (Å²) in [6.07, 6.45) is 4.53. The van der Waals surface area contributed by atoms with Crippen molar-refractivity contribution in [2.24, 2.45) is 0 Å². The lowest BCUT2D eigenvalue weighted by molar-refractivity contribution is -0.134. The van der Waals surface area contributed by atoms with Gasteiger partial charge in [-0.05, 0) is 28.8 Å². The Labute approximate surface area is 155 Å². The van der Waals surface area contributed by atoms with Crippen LogP contribution < -0.4 is 0 Å². The lowest BCUT2D eigenvalue weighted by Crippen LogP contribution is -2.35. The molecule has 26 heavy (non-hydrogen) atoms. The molecule has 2 aromatic heterocycles. The summed E-state index contributed by atoms with van der Waals surface area (Å²) in [7, 11) is 0. The van der Waals surface area contributed by atoms with E-state index < -0.39 is 0 Å². The van der Waals surface area contributed by atoms with Gasteiger partial charge in [0.15, 0.2) is 5.82 Å². The van der Waals surface area contributed by atoms with Crippen molar-refractivity contribution in [1.82, 2.24) is 30.1 Å². The lowest BCUT2D eigenvalue weighted by atomic mass is 10.0. The van der Waals surface area contributed by atoms with E-state index in [2.05, 4.69) is 20.5 Å². The Kier molecular flexibility index (Phi) is 5.01. The van der Waals surface area contributed by atoms with Crippen LogP contribution in [-0.4, -0.2) is 36.0 Å². The number of amides is 1. The average molecular weight is 368 g/mol. The molecule has 0 radical (unpaired) electrons. The number of hydrogen-bond acceptors (Lipinski definition) is 6. The second-order valence-corrected chi connectivity index (χ2v) is 7.39. The first kappa shape index (κ1) is 16.8. The SMILES string of the molecule is O=C([C@@H]1CCCCn2nnnc21)N(Cc1ccccc1)Cc1nccs1. The number of carbonyl (C=O) groups excluding carboxylic acids is 1. The van der Waals surface area contributed by atoms with Crippen molar-refractivity contribution in [2.45, 2.75) is 44.8 Å². The second-order valence-electron chi connectivity index (χ2n) is 6.41. The molecule has 0 bridgehead atoms. The van der Waals surface area contributed by atoms with Crippen LogP contribution in [0.5, 0.6) is 0 Å². The Hall–Kier alpha value is -2.61. The van der Waals surface area contributed by atoms with Gasteiger partial charge in [0.1, 0.15) is 5.01 Å². The Balaban J connectivity index is 1.61. The molecule has 1 aliphatic rings. The number of hydrogen-bond donors (Lipinski definition) is 0. The van der Waals surface area contributed by atoms with E-state index in [9.17, 15) is 4.79 Å². The molecule has 1 aromatic carbocycles. The van der Waals surface area contributed by atoms with Crippen LogP contribution in [0.4, 0.5) is 0 Å². The maximum absolute atomic E-state index is 13.4. The quantitative estimate of drug-likeness (QED) is 0.692. The maximum atomic E-state index is 13.4. The summed E-state index contributed by atoms with van der Waals surface area (Å²) < 4.78 is 1.78. The summed E-state index contributed by atoms with van der Waals surface area (Å²) in [5.74, 6) is 0.461. The predicted octanol–water partition coefficient (Wildman–Crippen LogP) is 2.63. The smallest absolute Gasteiger partial charge is 0.234 e. The predicted molar refractivity (Wildman–Crippen MR) is 97.2 cm³/mol. The van der Waals surface area contributed by atoms with Crippen molar-refractivity contribution >= 4 is 17.2 Å². The highest BCUT2D eigenvalue weighted by Gasteiger charge is 2.32. The first-order valence-electron chi connectivity index (χ1n) is 8.78. The van der Waals surface area contributed by atoms with Crippen LogP contribution in [0.3, 0.4) is 0 Å². The standard InChI is InChI=1S/C18H20N6OS/c25-18(15-8-4-5-10-24-17(15)20-21-22-24)23(13-16-19-9-11-26-16)12-14-6-2-1-3-7-14/h1-3,6-7,9,11,15H,4-5,8,10,12-13H2/t15-/m1/s1. The molecule has 0 aliphatic carbocycles. The van der Waals surface area contributed by atoms with Crippen molar-refractivity contribution in [1.29, 1.82) is 0 Å². The Bertz CT molecular complexity index is 848. The molecule has 4 rings (SSSR count). The fourth-order valence-corrected chi connectivity index (χ4v) is 3.95. The van der Waals surface area contributed by atoms with Gasteiger partial charge >= 0.3 is 0 Å². The maximum Gasteiger partial charge on any atom is 0.234 e. The molecule has 0 unspecified atom stereocenters. The molecule has 1 amide bonds. The van der Waals surface area contributed by atoms with E-state index in [1.54, 1.807) is 22.2 Å². The molecule has 1 aliphatic heterocycles. The number of aromatic nitrogens is 5. The van der Waals surface area contributed by atoms with Crippen molar-refractivity contribution in [3.63, 3.8) is 0 Å². The van der Waals surface area contributed by atoms with Crippen molar-refractivity contribution in [3.05, 3.63) is 58.3 Å². The van der Waals surface area contributed by atoms with Crippen molar-refractivity contribution < 1.29 is 4.79 Å². The van der Waals surface area contributed by atoms with E-state index in [4.69, 9.17) is 0 Å². The van der Waals surface area contributed by atoms with Gasteiger partial charge in [0.25, 0.3) is 0 Å². The van der Waals surface area contributed by atoms with E-state index >= 15 is 0 Å². The third kappa shape index (κ3) is 3.65. The van der Waals surface area contributed by atoms with Gasteiger partial charge in [0.05, 0.1) is 12.5 Å². The zero-order chi connectivity index (χ0) is 17.8. The van der Waals surface area contributed by atoms with Gasteiger partial charge < -0.3 is 4.90 Å². The minimum atomic E-state index is -0.295. The summed E-state index contributed by atoms with van der Waals surface area (Å²) in [4.78, 5) is 19.7. The summed E-state index contributed by atoms with van der Waals surface area (Å²) in [5, 5.41) is 14.8. The van der Waals surface area contributed by atoms with Crippen LogP contribution in [0, 0.1) is 0 Å². The third-order valence-electron chi connectivity index (χ3n) is 4.62. The van der Waals surface area contributed by atoms with Gasteiger partial charge in [-0.3, -0.25) is 4.79 Å². The van der Waals surface area contributed by atoms with Crippen molar-refractivity contribution in [3.8, 4) is 0 Å². The summed E-state index contributed by atoms with van der Waals surface area (Å²) in [5.41, 5.74) is 1.10. The first-order valence-corrected chi connectivity index (χ1v) is 9.66. The number of rotatable bonds is 5. The molecule has 3 heterocycles. The number of benzene rings is 1. The zero-order valence-corrected chi connectivity index (χ0v) is 15.2. The average Bonchev–Trinajstić information content (AvgIpc) is 3.30. The van der Waals surface area contributed by atoms with Crippen molar-refractivity contribution in [2.75, 3.05) is 0 Å². The Morgan fingerprint density at radius 1 is 1.23 bits per heavy atom. The summed E-state index contributed by atoms with van der Waals surface area (Å²) >= 11 is 1.57. The number of carbonyl (C=O) groups is 1. The molecule has 1 atom stereocenters. The van der Waals surface area contributed by atoms with E-state index in [0.29, 0.717) is 18.9 Å². The molecule has 7 nitrogen and oxygen atoms in total. The molecule has 0 N–H and O–H groups in total. The minimum absolute atomic E-state index is 0.0713. The van der Waals surface area contributed by atoms with Crippen LogP contribution in [-0.2, 0) is 24.4 Å². The van der Waals surface area contributed by atoms with Gasteiger partial charge in [0.2, 0.25) is 5.91 Å². The molecule has 0 spiro atoms. The molecule has 0 saturated heterocycles. The third-order valence-corrected chi connectivity index (χ3v) is 5.38. The van der Waals surface area contributed by atoms with Gasteiger partial charge in [0, 0.05) is 24.7 Å². The van der Waals surface area contributed by atoms with Gasteiger partial charge in [-0.1, -0.05) is 36.8 Å². The molecule has 0 saturated carbocycles. The summed E-state index contributed by atoms with van der Waals surface area (Å²) in [6, 6.07) is 10.1. The Morgan fingerprint density at radius 3 is 2.92 bits per heavy atom. The summed E-state index contributed by atoms with van der Waals surface area (Å²) in [6.45, 7) is 1.83. The highest BCUT2D eigenvalue weighted by atomic mass is 32.1. The van der Waals surface area contributed by atoms with Crippen LogP contribution >= 0.6 is 11.3 Å². The number of nitrogens with zero attached hydrogens (tertiary/aromatic N) is 6. The molecular weight excluding hydrogens is 348 g/mol. The molecular formula is C18H20N6OS. The van der Waals surface area contributed by atoms with Crippen LogP contribution in [0.1, 0.15) is 41.6 Å². The second kappa shape index (κ2) is 7.74. The van der Waals surface area contributed by atoms with Crippen LogP contribution in [0.2, 0.25) is 0 Å². The Morgan fingerprint density at radius 2 is 2.12 bits per heavy atom. The number of fused-ring (bicyclic) bond motifs is 1. The van der Waals surface area contributed by atoms with Crippen LogP contribution in [0.15, 0.2) is 41.9 Å². The van der Waals surface area contributed by atoms with E-state index in [-0.39, 0.29) is 11.8 Å². The van der Waals surface area contributed by atoms with Gasteiger partial charge in [-0.25, -0.2) is 9.67 Å². The monoisotopic (exact) mass is 368 g/mol. The van der Waals surface area contributed by atoms with Gasteiger partial charge in [-0.15, -0.1) is 16.4 Å². The van der Waals surface area contributed by atoms with E-state index in [0.717, 1.165) is 36.4 Å². The zero-order valence-electron chi connectivity index (χ0n) is 14.4.